The standard InChI is InChI=1S/C13H15FN2O4S/c1-8-4-5-9(14)10(6-8)21(19,20)16-7-11(17)15-12(18)13(16,2)3/h4-6H,7H2,1-3H3,(H,15,17,18). The van der Waals surface area contributed by atoms with Gasteiger partial charge in [0.2, 0.25) is 21.8 Å². The zero-order valence-electron chi connectivity index (χ0n) is 11.8. The number of rotatable bonds is 2. The monoisotopic (exact) mass is 314 g/mol. The van der Waals surface area contributed by atoms with Crippen molar-refractivity contribution in [1.82, 2.24) is 9.62 Å². The highest BCUT2D eigenvalue weighted by atomic mass is 32.2. The van der Waals surface area contributed by atoms with Gasteiger partial charge in [0.25, 0.3) is 0 Å². The van der Waals surface area contributed by atoms with Crippen LogP contribution in [0.25, 0.3) is 0 Å². The molecule has 1 heterocycles. The molecule has 0 aliphatic carbocycles. The molecule has 1 fully saturated rings. The summed E-state index contributed by atoms with van der Waals surface area (Å²) in [5, 5.41) is 2.07. The Morgan fingerprint density at radius 2 is 1.90 bits per heavy atom. The summed E-state index contributed by atoms with van der Waals surface area (Å²) in [4.78, 5) is 22.8. The number of nitrogens with zero attached hydrogens (tertiary/aromatic N) is 1. The Hall–Kier alpha value is -1.80. The molecule has 1 aliphatic rings. The quantitative estimate of drug-likeness (QED) is 0.809. The third-order valence-electron chi connectivity index (χ3n) is 3.37. The van der Waals surface area contributed by atoms with Crippen LogP contribution in [0.5, 0.6) is 0 Å². The smallest absolute Gasteiger partial charge is 0.247 e. The first-order chi connectivity index (χ1) is 9.56. The average Bonchev–Trinajstić information content (AvgIpc) is 2.36. The number of carbonyl (C=O) groups is 2. The highest BCUT2D eigenvalue weighted by molar-refractivity contribution is 7.89. The lowest BCUT2D eigenvalue weighted by molar-refractivity contribution is -0.141. The predicted octanol–water partition coefficient (Wildman–Crippen LogP) is 0.560. The number of sulfonamides is 1. The van der Waals surface area contributed by atoms with E-state index in [0.29, 0.717) is 5.56 Å². The Morgan fingerprint density at radius 3 is 2.52 bits per heavy atom. The molecular weight excluding hydrogens is 299 g/mol. The number of imide groups is 1. The largest absolute Gasteiger partial charge is 0.294 e. The summed E-state index contributed by atoms with van der Waals surface area (Å²) < 4.78 is 39.8. The fraction of sp³-hybridized carbons (Fsp3) is 0.385. The lowest BCUT2D eigenvalue weighted by Gasteiger charge is -2.38. The molecule has 114 valence electrons. The SMILES string of the molecule is Cc1ccc(F)c(S(=O)(=O)N2CC(=O)NC(=O)C2(C)C)c1. The van der Waals surface area contributed by atoms with Gasteiger partial charge in [0, 0.05) is 0 Å². The van der Waals surface area contributed by atoms with Crippen molar-refractivity contribution in [3.05, 3.63) is 29.6 Å². The molecule has 1 N–H and O–H groups in total. The van der Waals surface area contributed by atoms with Crippen LogP contribution in [-0.4, -0.2) is 36.6 Å². The van der Waals surface area contributed by atoms with Gasteiger partial charge in [-0.05, 0) is 38.5 Å². The molecule has 6 nitrogen and oxygen atoms in total. The van der Waals surface area contributed by atoms with Crippen molar-refractivity contribution in [1.29, 1.82) is 0 Å². The normalized spacial score (nSPS) is 19.4. The van der Waals surface area contributed by atoms with Gasteiger partial charge in [0.05, 0.1) is 6.54 Å². The summed E-state index contributed by atoms with van der Waals surface area (Å²) in [6, 6.07) is 3.66. The number of benzene rings is 1. The van der Waals surface area contributed by atoms with Crippen molar-refractivity contribution in [2.45, 2.75) is 31.2 Å². The molecule has 0 unspecified atom stereocenters. The number of aryl methyl sites for hydroxylation is 1. The van der Waals surface area contributed by atoms with E-state index < -0.39 is 44.6 Å². The Labute approximate surface area is 122 Å². The third-order valence-corrected chi connectivity index (χ3v) is 5.41. The third kappa shape index (κ3) is 2.56. The minimum Gasteiger partial charge on any atom is -0.294 e. The minimum atomic E-state index is -4.31. The summed E-state index contributed by atoms with van der Waals surface area (Å²) >= 11 is 0. The second-order valence-corrected chi connectivity index (χ2v) is 7.21. The zero-order chi connectivity index (χ0) is 16.0. The summed E-state index contributed by atoms with van der Waals surface area (Å²) in [6.07, 6.45) is 0. The fourth-order valence-corrected chi connectivity index (χ4v) is 3.93. The molecule has 2 amide bonds. The van der Waals surface area contributed by atoms with Gasteiger partial charge >= 0.3 is 0 Å². The van der Waals surface area contributed by atoms with E-state index in [1.54, 1.807) is 6.92 Å². The van der Waals surface area contributed by atoms with Gasteiger partial charge in [-0.25, -0.2) is 12.8 Å². The van der Waals surface area contributed by atoms with E-state index in [4.69, 9.17) is 0 Å². The molecule has 0 spiro atoms. The van der Waals surface area contributed by atoms with Crippen molar-refractivity contribution < 1.29 is 22.4 Å². The first kappa shape index (κ1) is 15.6. The van der Waals surface area contributed by atoms with Crippen LogP contribution in [-0.2, 0) is 19.6 Å². The highest BCUT2D eigenvalue weighted by Crippen LogP contribution is 2.28. The molecular formula is C13H15FN2O4S. The van der Waals surface area contributed by atoms with Gasteiger partial charge in [-0.3, -0.25) is 14.9 Å². The van der Waals surface area contributed by atoms with Crippen LogP contribution in [0.4, 0.5) is 4.39 Å². The van der Waals surface area contributed by atoms with Gasteiger partial charge in [0.15, 0.2) is 0 Å². The van der Waals surface area contributed by atoms with Crippen molar-refractivity contribution in [2.24, 2.45) is 0 Å². The maximum atomic E-state index is 13.9. The highest BCUT2D eigenvalue weighted by Gasteiger charge is 2.48. The first-order valence-electron chi connectivity index (χ1n) is 6.20. The van der Waals surface area contributed by atoms with E-state index in [1.165, 1.54) is 26.0 Å². The topological polar surface area (TPSA) is 83.6 Å². The number of piperazine rings is 1. The molecule has 0 bridgehead atoms. The average molecular weight is 314 g/mol. The van der Waals surface area contributed by atoms with Crippen molar-refractivity contribution in [2.75, 3.05) is 6.54 Å². The number of hydrogen-bond donors (Lipinski definition) is 1. The number of carbonyl (C=O) groups excluding carboxylic acids is 2. The predicted molar refractivity (Wildman–Crippen MR) is 72.3 cm³/mol. The molecule has 2 rings (SSSR count). The van der Waals surface area contributed by atoms with Crippen molar-refractivity contribution in [3.63, 3.8) is 0 Å². The second-order valence-electron chi connectivity index (χ2n) is 5.38. The van der Waals surface area contributed by atoms with Crippen LogP contribution < -0.4 is 5.32 Å². The van der Waals surface area contributed by atoms with Crippen LogP contribution in [0.15, 0.2) is 23.1 Å². The molecule has 0 aromatic heterocycles. The first-order valence-corrected chi connectivity index (χ1v) is 7.64. The lowest BCUT2D eigenvalue weighted by Crippen LogP contribution is -2.65. The molecule has 0 radical (unpaired) electrons. The van der Waals surface area contributed by atoms with Gasteiger partial charge in [0.1, 0.15) is 16.3 Å². The maximum Gasteiger partial charge on any atom is 0.247 e. The number of hydrogen-bond acceptors (Lipinski definition) is 4. The summed E-state index contributed by atoms with van der Waals surface area (Å²) in [5.41, 5.74) is -0.927. The molecule has 1 aromatic carbocycles. The molecule has 1 saturated heterocycles. The lowest BCUT2D eigenvalue weighted by atomic mass is 10.0. The second kappa shape index (κ2) is 4.88. The summed E-state index contributed by atoms with van der Waals surface area (Å²) in [6.45, 7) is 3.81. The fourth-order valence-electron chi connectivity index (χ4n) is 2.07. The van der Waals surface area contributed by atoms with Gasteiger partial charge in [-0.1, -0.05) is 6.07 Å². The van der Waals surface area contributed by atoms with Crippen LogP contribution in [0, 0.1) is 12.7 Å². The van der Waals surface area contributed by atoms with E-state index in [9.17, 15) is 22.4 Å². The van der Waals surface area contributed by atoms with E-state index in [1.807, 2.05) is 0 Å². The minimum absolute atomic E-state index is 0.533. The molecule has 8 heteroatoms. The number of amides is 2. The van der Waals surface area contributed by atoms with Crippen LogP contribution >= 0.6 is 0 Å². The molecule has 0 saturated carbocycles. The van der Waals surface area contributed by atoms with E-state index in [2.05, 4.69) is 5.32 Å². The van der Waals surface area contributed by atoms with Crippen LogP contribution in [0.1, 0.15) is 19.4 Å². The molecule has 1 aliphatic heterocycles. The number of nitrogens with one attached hydrogen (secondary N) is 1. The Balaban J connectivity index is 2.59. The van der Waals surface area contributed by atoms with Gasteiger partial charge < -0.3 is 0 Å². The summed E-state index contributed by atoms with van der Waals surface area (Å²) in [7, 11) is -4.31. The van der Waals surface area contributed by atoms with E-state index in [-0.39, 0.29) is 0 Å². The molecule has 1 aromatic rings. The Kier molecular flexibility index (Phi) is 3.63. The van der Waals surface area contributed by atoms with E-state index in [0.717, 1.165) is 10.4 Å². The van der Waals surface area contributed by atoms with Gasteiger partial charge in [-0.15, -0.1) is 0 Å². The molecule has 21 heavy (non-hydrogen) atoms. The Morgan fingerprint density at radius 1 is 1.29 bits per heavy atom. The van der Waals surface area contributed by atoms with E-state index >= 15 is 0 Å². The van der Waals surface area contributed by atoms with Crippen LogP contribution in [0.2, 0.25) is 0 Å². The van der Waals surface area contributed by atoms with Gasteiger partial charge in [-0.2, -0.15) is 4.31 Å². The van der Waals surface area contributed by atoms with Crippen molar-refractivity contribution in [3.8, 4) is 0 Å². The maximum absolute atomic E-state index is 13.9. The Bertz CT molecular complexity index is 728. The molecule has 0 atom stereocenters. The van der Waals surface area contributed by atoms with Crippen molar-refractivity contribution >= 4 is 21.8 Å². The summed E-state index contributed by atoms with van der Waals surface area (Å²) in [5.74, 6) is -2.40. The number of halogens is 1. The zero-order valence-corrected chi connectivity index (χ0v) is 12.6. The van der Waals surface area contributed by atoms with Crippen LogP contribution in [0.3, 0.4) is 0 Å².